The average molecular weight is 232 g/mol. The van der Waals surface area contributed by atoms with Gasteiger partial charge in [-0.2, -0.15) is 10.2 Å². The summed E-state index contributed by atoms with van der Waals surface area (Å²) < 4.78 is 1.79. The molecule has 17 heavy (non-hydrogen) atoms. The second kappa shape index (κ2) is 3.87. The Bertz CT molecular complexity index is 520. The lowest BCUT2D eigenvalue weighted by atomic mass is 10.1. The molecule has 0 spiro atoms. The van der Waals surface area contributed by atoms with Crippen LogP contribution in [0.15, 0.2) is 6.07 Å². The van der Waals surface area contributed by atoms with Crippen LogP contribution in [0.25, 0.3) is 11.5 Å². The summed E-state index contributed by atoms with van der Waals surface area (Å²) in [4.78, 5) is 4.60. The molecular weight excluding hydrogens is 216 g/mol. The second-order valence-electron chi connectivity index (χ2n) is 4.61. The Hall–Kier alpha value is -1.85. The van der Waals surface area contributed by atoms with E-state index in [9.17, 15) is 0 Å². The van der Waals surface area contributed by atoms with Crippen molar-refractivity contribution in [2.45, 2.75) is 31.6 Å². The third kappa shape index (κ3) is 1.79. The molecule has 2 aromatic heterocycles. The van der Waals surface area contributed by atoms with Crippen molar-refractivity contribution in [2.24, 2.45) is 7.05 Å². The number of hydrogen-bond donors (Lipinski definition) is 2. The van der Waals surface area contributed by atoms with E-state index in [1.165, 1.54) is 25.7 Å². The molecule has 1 aliphatic carbocycles. The lowest BCUT2D eigenvalue weighted by Gasteiger charge is -2.00. The van der Waals surface area contributed by atoms with Crippen LogP contribution in [0, 0.1) is 0 Å². The minimum absolute atomic E-state index is 0.477. The van der Waals surface area contributed by atoms with Crippen molar-refractivity contribution in [3.8, 4) is 11.5 Å². The first-order valence-electron chi connectivity index (χ1n) is 5.96. The van der Waals surface area contributed by atoms with Gasteiger partial charge >= 0.3 is 0 Å². The first-order chi connectivity index (χ1) is 8.24. The van der Waals surface area contributed by atoms with Crippen molar-refractivity contribution in [3.63, 3.8) is 0 Å². The lowest BCUT2D eigenvalue weighted by molar-refractivity contribution is 0.648. The van der Waals surface area contributed by atoms with Gasteiger partial charge in [0.05, 0.1) is 0 Å². The molecule has 0 saturated heterocycles. The van der Waals surface area contributed by atoms with Gasteiger partial charge in [-0.3, -0.25) is 5.10 Å². The second-order valence-corrected chi connectivity index (χ2v) is 4.61. The first kappa shape index (κ1) is 10.3. The quantitative estimate of drug-likeness (QED) is 0.820. The standard InChI is InChI=1S/C11H16N6/c1-17-11(8-6-9(12)15-14-8)13-10(16-17)7-4-2-3-5-7/h6-7H,2-5H2,1H3,(H3,12,14,15). The summed E-state index contributed by atoms with van der Waals surface area (Å²) >= 11 is 0. The van der Waals surface area contributed by atoms with E-state index in [0.717, 1.165) is 17.3 Å². The van der Waals surface area contributed by atoms with Crippen molar-refractivity contribution in [2.75, 3.05) is 5.73 Å². The van der Waals surface area contributed by atoms with E-state index in [4.69, 9.17) is 5.73 Å². The number of anilines is 1. The van der Waals surface area contributed by atoms with Crippen molar-refractivity contribution >= 4 is 5.82 Å². The zero-order valence-corrected chi connectivity index (χ0v) is 9.85. The number of nitrogens with zero attached hydrogens (tertiary/aromatic N) is 4. The van der Waals surface area contributed by atoms with Crippen LogP contribution in [0.5, 0.6) is 0 Å². The average Bonchev–Trinajstić information content (AvgIpc) is 2.97. The summed E-state index contributed by atoms with van der Waals surface area (Å²) in [7, 11) is 1.90. The summed E-state index contributed by atoms with van der Waals surface area (Å²) in [5.41, 5.74) is 6.42. The fourth-order valence-electron chi connectivity index (χ4n) is 2.45. The third-order valence-corrected chi connectivity index (χ3v) is 3.34. The molecule has 6 heteroatoms. The molecule has 0 atom stereocenters. The number of aryl methyl sites for hydroxylation is 1. The predicted molar refractivity (Wildman–Crippen MR) is 64.2 cm³/mol. The maximum atomic E-state index is 5.60. The van der Waals surface area contributed by atoms with E-state index in [0.29, 0.717) is 11.7 Å². The zero-order chi connectivity index (χ0) is 11.8. The minimum Gasteiger partial charge on any atom is -0.382 e. The Morgan fingerprint density at radius 1 is 1.41 bits per heavy atom. The highest BCUT2D eigenvalue weighted by Crippen LogP contribution is 2.33. The number of rotatable bonds is 2. The van der Waals surface area contributed by atoms with Gasteiger partial charge in [0.25, 0.3) is 0 Å². The lowest BCUT2D eigenvalue weighted by Crippen LogP contribution is -1.97. The highest BCUT2D eigenvalue weighted by molar-refractivity contribution is 5.54. The first-order valence-corrected chi connectivity index (χ1v) is 5.96. The van der Waals surface area contributed by atoms with E-state index in [2.05, 4.69) is 20.3 Å². The molecule has 90 valence electrons. The van der Waals surface area contributed by atoms with Crippen LogP contribution in [-0.2, 0) is 7.05 Å². The molecule has 6 nitrogen and oxygen atoms in total. The number of aromatic amines is 1. The monoisotopic (exact) mass is 232 g/mol. The van der Waals surface area contributed by atoms with Gasteiger partial charge in [0.2, 0.25) is 0 Å². The van der Waals surface area contributed by atoms with E-state index in [-0.39, 0.29) is 0 Å². The number of nitrogens with one attached hydrogen (secondary N) is 1. The SMILES string of the molecule is Cn1nc(C2CCCC2)nc1-c1cc(N)n[nH]1. The highest BCUT2D eigenvalue weighted by Gasteiger charge is 2.22. The van der Waals surface area contributed by atoms with Gasteiger partial charge in [-0.15, -0.1) is 0 Å². The molecule has 1 fully saturated rings. The number of hydrogen-bond acceptors (Lipinski definition) is 4. The minimum atomic E-state index is 0.477. The van der Waals surface area contributed by atoms with Crippen LogP contribution in [0.1, 0.15) is 37.4 Å². The van der Waals surface area contributed by atoms with Gasteiger partial charge < -0.3 is 5.73 Å². The molecule has 0 amide bonds. The number of nitrogens with two attached hydrogens (primary N) is 1. The van der Waals surface area contributed by atoms with E-state index in [1.54, 1.807) is 10.7 Å². The Labute approximate surface area is 99.2 Å². The molecule has 3 rings (SSSR count). The van der Waals surface area contributed by atoms with Crippen molar-refractivity contribution < 1.29 is 0 Å². The zero-order valence-electron chi connectivity index (χ0n) is 9.85. The van der Waals surface area contributed by atoms with E-state index in [1.807, 2.05) is 7.05 Å². The van der Waals surface area contributed by atoms with Gasteiger partial charge in [0.1, 0.15) is 11.5 Å². The number of aromatic nitrogens is 5. The fourth-order valence-corrected chi connectivity index (χ4v) is 2.45. The maximum Gasteiger partial charge on any atom is 0.176 e. The van der Waals surface area contributed by atoms with Gasteiger partial charge in [-0.25, -0.2) is 9.67 Å². The summed E-state index contributed by atoms with van der Waals surface area (Å²) in [6, 6.07) is 1.78. The molecule has 0 aromatic carbocycles. The van der Waals surface area contributed by atoms with Crippen LogP contribution < -0.4 is 5.73 Å². The van der Waals surface area contributed by atoms with Crippen molar-refractivity contribution in [3.05, 3.63) is 11.9 Å². The van der Waals surface area contributed by atoms with Gasteiger partial charge in [-0.1, -0.05) is 12.8 Å². The largest absolute Gasteiger partial charge is 0.382 e. The summed E-state index contributed by atoms with van der Waals surface area (Å²) in [6.07, 6.45) is 4.98. The fraction of sp³-hybridized carbons (Fsp3) is 0.545. The topological polar surface area (TPSA) is 85.4 Å². The molecule has 3 N–H and O–H groups in total. The Morgan fingerprint density at radius 3 is 2.82 bits per heavy atom. The van der Waals surface area contributed by atoms with Gasteiger partial charge in [-0.05, 0) is 12.8 Å². The van der Waals surface area contributed by atoms with Gasteiger partial charge in [0.15, 0.2) is 11.6 Å². The van der Waals surface area contributed by atoms with E-state index >= 15 is 0 Å². The van der Waals surface area contributed by atoms with Crippen LogP contribution in [0.2, 0.25) is 0 Å². The Morgan fingerprint density at radius 2 is 2.18 bits per heavy atom. The Balaban J connectivity index is 1.95. The molecule has 0 unspecified atom stereocenters. The predicted octanol–water partition coefficient (Wildman–Crippen LogP) is 1.44. The molecule has 2 aromatic rings. The van der Waals surface area contributed by atoms with Crippen LogP contribution >= 0.6 is 0 Å². The molecule has 2 heterocycles. The maximum absolute atomic E-state index is 5.60. The van der Waals surface area contributed by atoms with Crippen LogP contribution in [-0.4, -0.2) is 25.0 Å². The molecule has 0 bridgehead atoms. The molecular formula is C11H16N6. The molecule has 1 saturated carbocycles. The number of nitrogen functional groups attached to an aromatic ring is 1. The smallest absolute Gasteiger partial charge is 0.176 e. The summed E-state index contributed by atoms with van der Waals surface area (Å²) in [5, 5.41) is 11.3. The normalized spacial score (nSPS) is 16.8. The summed E-state index contributed by atoms with van der Waals surface area (Å²) in [6.45, 7) is 0. The molecule has 1 aliphatic rings. The highest BCUT2D eigenvalue weighted by atomic mass is 15.3. The molecule has 0 radical (unpaired) electrons. The molecule has 0 aliphatic heterocycles. The van der Waals surface area contributed by atoms with Crippen molar-refractivity contribution in [1.82, 2.24) is 25.0 Å². The van der Waals surface area contributed by atoms with Crippen LogP contribution in [0.4, 0.5) is 5.82 Å². The van der Waals surface area contributed by atoms with Gasteiger partial charge in [0, 0.05) is 19.0 Å². The van der Waals surface area contributed by atoms with Crippen molar-refractivity contribution in [1.29, 1.82) is 0 Å². The van der Waals surface area contributed by atoms with E-state index < -0.39 is 0 Å². The third-order valence-electron chi connectivity index (χ3n) is 3.34. The number of H-pyrrole nitrogens is 1. The van der Waals surface area contributed by atoms with Crippen LogP contribution in [0.3, 0.4) is 0 Å². The Kier molecular flexibility index (Phi) is 2.35. The summed E-state index contributed by atoms with van der Waals surface area (Å²) in [5.74, 6) is 2.75.